The maximum atomic E-state index is 13.5. The Morgan fingerprint density at radius 2 is 1.31 bits per heavy atom. The van der Waals surface area contributed by atoms with Crippen LogP contribution in [0.5, 0.6) is 0 Å². The monoisotopic (exact) mass is 648 g/mol. The van der Waals surface area contributed by atoms with Crippen LogP contribution >= 0.6 is 0 Å². The van der Waals surface area contributed by atoms with Crippen LogP contribution in [0.4, 0.5) is 32.0 Å². The molecule has 0 N–H and O–H groups in total. The van der Waals surface area contributed by atoms with Gasteiger partial charge in [0.25, 0.3) is 0 Å². The molecule has 0 atom stereocenters. The van der Waals surface area contributed by atoms with E-state index in [0.717, 1.165) is 0 Å². The summed E-state index contributed by atoms with van der Waals surface area (Å²) in [4.78, 5) is 9.71. The van der Waals surface area contributed by atoms with Gasteiger partial charge in [-0.3, -0.25) is 0 Å². The summed E-state index contributed by atoms with van der Waals surface area (Å²) in [5.74, 6) is -2.46. The van der Waals surface area contributed by atoms with Crippen molar-refractivity contribution in [3.63, 3.8) is 0 Å². The summed E-state index contributed by atoms with van der Waals surface area (Å²) in [7, 11) is 0. The smallest absolute Gasteiger partial charge is 0.431 e. The highest BCUT2D eigenvalue weighted by Crippen LogP contribution is 2.53. The first-order valence-electron chi connectivity index (χ1n) is 13.0. The Balaban J connectivity index is 1.86. The maximum Gasteiger partial charge on any atom is 0.573 e. The van der Waals surface area contributed by atoms with Crippen LogP contribution in [-0.4, -0.2) is 12.7 Å². The van der Waals surface area contributed by atoms with E-state index in [9.17, 15) is 42.1 Å². The van der Waals surface area contributed by atoms with E-state index in [1.54, 1.807) is 0 Å². The Kier molecular flexibility index (Phi) is 7.98. The van der Waals surface area contributed by atoms with Crippen LogP contribution in [-0.2, 0) is 9.47 Å². The number of hydrogen-bond donors (Lipinski definition) is 0. The first-order valence-corrected chi connectivity index (χ1v) is 13.0. The van der Waals surface area contributed by atoms with Gasteiger partial charge in [-0.15, -0.1) is 26.3 Å². The van der Waals surface area contributed by atoms with Crippen molar-refractivity contribution in [2.45, 2.75) is 12.7 Å². The van der Waals surface area contributed by atoms with Gasteiger partial charge in [0.1, 0.15) is 12.1 Å². The Hall–Kier alpha value is -7.26. The predicted octanol–water partition coefficient (Wildman–Crippen LogP) is 9.25. The van der Waals surface area contributed by atoms with Crippen LogP contribution in [0, 0.1) is 53.7 Å². The van der Waals surface area contributed by atoms with Gasteiger partial charge in [0.05, 0.1) is 36.9 Å². The lowest BCUT2D eigenvalue weighted by molar-refractivity contribution is -0.303. The van der Waals surface area contributed by atoms with Gasteiger partial charge in [0.2, 0.25) is 11.5 Å². The molecule has 3 aromatic carbocycles. The number of benzene rings is 3. The highest BCUT2D eigenvalue weighted by molar-refractivity contribution is 6.26. The molecule has 8 nitrogen and oxygen atoms in total. The van der Waals surface area contributed by atoms with Crippen LogP contribution in [0.25, 0.3) is 48.1 Å². The molecule has 0 saturated carbocycles. The molecular formula is C34H10F6N6O2. The molecule has 3 aromatic rings. The normalized spacial score (nSPS) is 15.5. The topological polar surface area (TPSA) is 103 Å². The Labute approximate surface area is 267 Å². The van der Waals surface area contributed by atoms with E-state index in [1.165, 1.54) is 66.7 Å². The van der Waals surface area contributed by atoms with Gasteiger partial charge in [-0.25, -0.2) is 9.69 Å². The van der Waals surface area contributed by atoms with Gasteiger partial charge in [-0.2, -0.15) is 20.6 Å². The van der Waals surface area contributed by atoms with Gasteiger partial charge >= 0.3 is 18.6 Å². The standard InChI is InChI=1S/C34H10F6N6O2/c1-44-20-8-10-21-23(13-20)25(15-42)27(30(21)32(46-3)48-34(38,39)40)18-5-4-6-19(12-18)28-29(26(16-43)47-33(35,36)37)22-9-7-17(14-41)11-24(22)31(28)45-2/h4-13H/b29-26-,32-30-. The van der Waals surface area contributed by atoms with Gasteiger partial charge < -0.3 is 9.47 Å². The van der Waals surface area contributed by atoms with Crippen molar-refractivity contribution in [3.8, 4) is 18.2 Å². The van der Waals surface area contributed by atoms with Crippen LogP contribution < -0.4 is 0 Å². The first kappa shape index (κ1) is 32.1. The number of halogens is 6. The Bertz CT molecular complexity index is 2180. The molecule has 0 aliphatic heterocycles. The van der Waals surface area contributed by atoms with Crippen LogP contribution in [0.2, 0.25) is 0 Å². The molecule has 0 bridgehead atoms. The number of nitriles is 3. The van der Waals surface area contributed by atoms with Crippen LogP contribution in [0.3, 0.4) is 0 Å². The second kappa shape index (κ2) is 11.9. The zero-order valence-electron chi connectivity index (χ0n) is 23.5. The molecule has 0 unspecified atom stereocenters. The number of rotatable bonds is 4. The quantitative estimate of drug-likeness (QED) is 0.121. The zero-order valence-corrected chi connectivity index (χ0v) is 23.5. The fraction of sp³-hybridized carbons (Fsp3) is 0.0588. The SMILES string of the molecule is [C-]#[N+]C1=C(c2cccc(C3=C(C#N)c4cc([N+]#[C-])ccc4/C3=C(\[N+]#[C-])OC(F)(F)F)c2)/C(=C(/C#N)OC(F)(F)F)c2ccc(C#N)cc21. The van der Waals surface area contributed by atoms with Gasteiger partial charge in [-0.1, -0.05) is 36.4 Å². The van der Waals surface area contributed by atoms with E-state index in [1.807, 2.05) is 12.1 Å². The van der Waals surface area contributed by atoms with Crippen molar-refractivity contribution >= 4 is 39.2 Å². The Morgan fingerprint density at radius 1 is 0.667 bits per heavy atom. The van der Waals surface area contributed by atoms with E-state index < -0.39 is 35.5 Å². The summed E-state index contributed by atoms with van der Waals surface area (Å²) in [6.45, 7) is 22.7. The maximum absolute atomic E-state index is 13.5. The fourth-order valence-corrected chi connectivity index (χ4v) is 5.41. The van der Waals surface area contributed by atoms with Crippen molar-refractivity contribution in [3.05, 3.63) is 146 Å². The summed E-state index contributed by atoms with van der Waals surface area (Å²) in [5, 5.41) is 29.4. The summed E-state index contributed by atoms with van der Waals surface area (Å²) in [6.07, 6.45) is -10.6. The van der Waals surface area contributed by atoms with Crippen molar-refractivity contribution < 1.29 is 35.8 Å². The molecule has 0 heterocycles. The number of ether oxygens (including phenoxy) is 2. The van der Waals surface area contributed by atoms with Crippen LogP contribution in [0.1, 0.15) is 38.9 Å². The highest BCUT2D eigenvalue weighted by Gasteiger charge is 2.40. The Morgan fingerprint density at radius 3 is 1.88 bits per heavy atom. The second-order valence-corrected chi connectivity index (χ2v) is 9.70. The van der Waals surface area contributed by atoms with Gasteiger partial charge in [-0.05, 0) is 57.6 Å². The number of nitrogens with zero attached hydrogens (tertiary/aromatic N) is 6. The second-order valence-electron chi connectivity index (χ2n) is 9.70. The largest absolute Gasteiger partial charge is 0.573 e. The highest BCUT2D eigenvalue weighted by atomic mass is 19.4. The molecule has 5 rings (SSSR count). The fourth-order valence-electron chi connectivity index (χ4n) is 5.41. The lowest BCUT2D eigenvalue weighted by atomic mass is 9.91. The molecular weight excluding hydrogens is 638 g/mol. The number of fused-ring (bicyclic) bond motifs is 2. The minimum Gasteiger partial charge on any atom is -0.431 e. The van der Waals surface area contributed by atoms with Crippen molar-refractivity contribution in [2.75, 3.05) is 0 Å². The molecule has 0 saturated heterocycles. The van der Waals surface area contributed by atoms with Crippen LogP contribution in [0.15, 0.2) is 72.3 Å². The third-order valence-electron chi connectivity index (χ3n) is 7.07. The third kappa shape index (κ3) is 5.66. The summed E-state index contributed by atoms with van der Waals surface area (Å²) < 4.78 is 88.8. The van der Waals surface area contributed by atoms with Gasteiger partial charge in [0, 0.05) is 22.3 Å². The lowest BCUT2D eigenvalue weighted by Crippen LogP contribution is -2.13. The minimum atomic E-state index is -5.32. The number of alkyl halides is 6. The molecule has 14 heteroatoms. The van der Waals surface area contributed by atoms with E-state index in [0.29, 0.717) is 0 Å². The molecule has 48 heavy (non-hydrogen) atoms. The molecule has 2 aliphatic carbocycles. The van der Waals surface area contributed by atoms with Crippen molar-refractivity contribution in [1.29, 1.82) is 15.8 Å². The van der Waals surface area contributed by atoms with E-state index in [2.05, 4.69) is 24.0 Å². The lowest BCUT2D eigenvalue weighted by Gasteiger charge is -2.16. The average Bonchev–Trinajstić information content (AvgIpc) is 3.56. The molecule has 2 aliphatic rings. The summed E-state index contributed by atoms with van der Waals surface area (Å²) in [6, 6.07) is 18.0. The van der Waals surface area contributed by atoms with Gasteiger partial charge in [0.15, 0.2) is 5.69 Å². The van der Waals surface area contributed by atoms with E-state index in [4.69, 9.17) is 19.7 Å². The zero-order chi connectivity index (χ0) is 35.0. The minimum absolute atomic E-state index is 0.0179. The molecule has 0 fully saturated rings. The summed E-state index contributed by atoms with van der Waals surface area (Å²) in [5.41, 5.74) is -1.82. The summed E-state index contributed by atoms with van der Waals surface area (Å²) >= 11 is 0. The van der Waals surface area contributed by atoms with Crippen molar-refractivity contribution in [2.24, 2.45) is 0 Å². The molecule has 0 radical (unpaired) electrons. The third-order valence-corrected chi connectivity index (χ3v) is 7.07. The molecule has 0 amide bonds. The first-order chi connectivity index (χ1) is 22.8. The molecule has 230 valence electrons. The van der Waals surface area contributed by atoms with E-state index >= 15 is 0 Å². The molecule has 0 aromatic heterocycles. The van der Waals surface area contributed by atoms with Crippen molar-refractivity contribution in [1.82, 2.24) is 0 Å². The molecule has 0 spiro atoms. The van der Waals surface area contributed by atoms with E-state index in [-0.39, 0.29) is 67.0 Å². The predicted molar refractivity (Wildman–Crippen MR) is 156 cm³/mol. The number of hydrogen-bond acceptors (Lipinski definition) is 5. The number of allylic oxidation sites excluding steroid dienone is 6. The average molecular weight is 648 g/mol.